The second-order valence-electron chi connectivity index (χ2n) is 6.26. The summed E-state index contributed by atoms with van der Waals surface area (Å²) in [5.41, 5.74) is 2.93. The average Bonchev–Trinajstić information content (AvgIpc) is 3.11. The van der Waals surface area contributed by atoms with Crippen LogP contribution in [-0.4, -0.2) is 20.6 Å². The molecular formula is C16H22N4O2. The van der Waals surface area contributed by atoms with Crippen LogP contribution in [0.1, 0.15) is 54.2 Å². The van der Waals surface area contributed by atoms with Crippen LogP contribution < -0.4 is 5.32 Å². The summed E-state index contributed by atoms with van der Waals surface area (Å²) in [6, 6.07) is 0. The van der Waals surface area contributed by atoms with Crippen LogP contribution in [0.5, 0.6) is 0 Å². The number of hydrogen-bond acceptors (Lipinski definition) is 4. The summed E-state index contributed by atoms with van der Waals surface area (Å²) in [6.07, 6.45) is 7.60. The van der Waals surface area contributed by atoms with Gasteiger partial charge in [-0.15, -0.1) is 0 Å². The molecule has 0 fully saturated rings. The maximum atomic E-state index is 12.3. The zero-order valence-electron chi connectivity index (χ0n) is 13.1. The molecule has 2 heterocycles. The number of fused-ring (bicyclic) bond motifs is 1. The lowest BCUT2D eigenvalue weighted by Crippen LogP contribution is -2.25. The van der Waals surface area contributed by atoms with E-state index in [0.29, 0.717) is 18.2 Å². The van der Waals surface area contributed by atoms with Crippen LogP contribution in [0.4, 0.5) is 0 Å². The lowest BCUT2D eigenvalue weighted by Gasteiger charge is -2.11. The highest BCUT2D eigenvalue weighted by molar-refractivity contribution is 5.93. The highest BCUT2D eigenvalue weighted by atomic mass is 16.5. The first-order valence-corrected chi connectivity index (χ1v) is 7.89. The van der Waals surface area contributed by atoms with Crippen LogP contribution in [0.2, 0.25) is 0 Å². The van der Waals surface area contributed by atoms with Gasteiger partial charge >= 0.3 is 0 Å². The molecule has 0 saturated heterocycles. The van der Waals surface area contributed by atoms with E-state index in [2.05, 4.69) is 33.9 Å². The van der Waals surface area contributed by atoms with Crippen molar-refractivity contribution in [3.8, 4) is 0 Å². The van der Waals surface area contributed by atoms with Crippen molar-refractivity contribution in [3.05, 3.63) is 35.2 Å². The number of carbonyl (C=O) groups is 1. The number of rotatable bonds is 5. The number of hydrogen-bond donors (Lipinski definition) is 1. The number of imidazole rings is 1. The Hall–Kier alpha value is -2.11. The number of aryl methyl sites for hydroxylation is 1. The molecule has 3 rings (SSSR count). The van der Waals surface area contributed by atoms with Gasteiger partial charge in [0.15, 0.2) is 0 Å². The van der Waals surface area contributed by atoms with Gasteiger partial charge in [-0.1, -0.05) is 19.0 Å². The van der Waals surface area contributed by atoms with E-state index in [4.69, 9.17) is 4.52 Å². The largest absolute Gasteiger partial charge is 0.350 e. The Labute approximate surface area is 129 Å². The van der Waals surface area contributed by atoms with E-state index in [1.807, 2.05) is 0 Å². The fourth-order valence-corrected chi connectivity index (χ4v) is 2.87. The number of amides is 1. The maximum absolute atomic E-state index is 12.3. The van der Waals surface area contributed by atoms with Gasteiger partial charge in [0.1, 0.15) is 0 Å². The second-order valence-corrected chi connectivity index (χ2v) is 6.26. The van der Waals surface area contributed by atoms with E-state index in [1.54, 1.807) is 12.5 Å². The highest BCUT2D eigenvalue weighted by Gasteiger charge is 2.24. The number of aromatic nitrogens is 3. The quantitative estimate of drug-likeness (QED) is 0.920. The zero-order valence-corrected chi connectivity index (χ0v) is 13.1. The predicted octanol–water partition coefficient (Wildman–Crippen LogP) is 2.34. The van der Waals surface area contributed by atoms with E-state index >= 15 is 0 Å². The van der Waals surface area contributed by atoms with Crippen molar-refractivity contribution >= 4 is 5.91 Å². The standard InChI is InChI=1S/C16H22N4O2/c1-11(2)9-20-10-17-7-12(20)8-18-16(21)15-13-5-3-4-6-14(13)19-22-15/h7,10-11H,3-6,8-9H2,1-2H3,(H,18,21). The van der Waals surface area contributed by atoms with E-state index in [1.165, 1.54) is 0 Å². The second kappa shape index (κ2) is 6.34. The molecule has 0 radical (unpaired) electrons. The summed E-state index contributed by atoms with van der Waals surface area (Å²) in [5, 5.41) is 6.94. The molecule has 0 aliphatic heterocycles. The Balaban J connectivity index is 1.66. The molecular weight excluding hydrogens is 280 g/mol. The minimum absolute atomic E-state index is 0.187. The van der Waals surface area contributed by atoms with Crippen molar-refractivity contribution in [1.29, 1.82) is 0 Å². The Morgan fingerprint density at radius 3 is 3.05 bits per heavy atom. The third kappa shape index (κ3) is 3.05. The number of nitrogens with one attached hydrogen (secondary N) is 1. The van der Waals surface area contributed by atoms with Gasteiger partial charge in [0, 0.05) is 18.3 Å². The highest BCUT2D eigenvalue weighted by Crippen LogP contribution is 2.23. The summed E-state index contributed by atoms with van der Waals surface area (Å²) >= 11 is 0. The van der Waals surface area contributed by atoms with Crippen LogP contribution in [0.15, 0.2) is 17.0 Å². The average molecular weight is 302 g/mol. The molecule has 0 saturated carbocycles. The molecule has 0 unspecified atom stereocenters. The Morgan fingerprint density at radius 2 is 2.23 bits per heavy atom. The molecule has 22 heavy (non-hydrogen) atoms. The number of nitrogens with zero attached hydrogens (tertiary/aromatic N) is 3. The summed E-state index contributed by atoms with van der Waals surface area (Å²) < 4.78 is 7.33. The molecule has 0 aromatic carbocycles. The first kappa shape index (κ1) is 14.8. The zero-order chi connectivity index (χ0) is 15.5. The topological polar surface area (TPSA) is 73.0 Å². The fourth-order valence-electron chi connectivity index (χ4n) is 2.87. The fraction of sp³-hybridized carbons (Fsp3) is 0.562. The molecule has 0 bridgehead atoms. The van der Waals surface area contributed by atoms with Crippen LogP contribution in [0, 0.1) is 5.92 Å². The maximum Gasteiger partial charge on any atom is 0.290 e. The third-order valence-electron chi connectivity index (χ3n) is 3.96. The molecule has 1 aliphatic carbocycles. The van der Waals surface area contributed by atoms with Crippen molar-refractivity contribution < 1.29 is 9.32 Å². The summed E-state index contributed by atoms with van der Waals surface area (Å²) in [4.78, 5) is 16.5. The van der Waals surface area contributed by atoms with Crippen molar-refractivity contribution in [1.82, 2.24) is 20.0 Å². The van der Waals surface area contributed by atoms with Crippen molar-refractivity contribution in [2.75, 3.05) is 0 Å². The monoisotopic (exact) mass is 302 g/mol. The van der Waals surface area contributed by atoms with Crippen molar-refractivity contribution in [3.63, 3.8) is 0 Å². The lowest BCUT2D eigenvalue weighted by molar-refractivity contribution is 0.0911. The van der Waals surface area contributed by atoms with Crippen LogP contribution >= 0.6 is 0 Å². The predicted molar refractivity (Wildman–Crippen MR) is 81.4 cm³/mol. The van der Waals surface area contributed by atoms with Crippen LogP contribution in [-0.2, 0) is 25.9 Å². The minimum atomic E-state index is -0.187. The van der Waals surface area contributed by atoms with Gasteiger partial charge in [0.2, 0.25) is 5.76 Å². The van der Waals surface area contributed by atoms with E-state index in [9.17, 15) is 4.79 Å². The molecule has 1 aliphatic rings. The molecule has 1 N–H and O–H groups in total. The van der Waals surface area contributed by atoms with Crippen molar-refractivity contribution in [2.24, 2.45) is 5.92 Å². The Bertz CT molecular complexity index is 657. The first-order valence-electron chi connectivity index (χ1n) is 7.89. The molecule has 2 aromatic heterocycles. The minimum Gasteiger partial charge on any atom is -0.350 e. The van der Waals surface area contributed by atoms with Gasteiger partial charge in [0.05, 0.1) is 24.3 Å². The van der Waals surface area contributed by atoms with Gasteiger partial charge in [-0.3, -0.25) is 4.79 Å². The van der Waals surface area contributed by atoms with Crippen molar-refractivity contribution in [2.45, 2.75) is 52.6 Å². The van der Waals surface area contributed by atoms with Gasteiger partial charge in [-0.05, 0) is 31.6 Å². The smallest absolute Gasteiger partial charge is 0.290 e. The molecule has 0 spiro atoms. The Kier molecular flexibility index (Phi) is 4.27. The SMILES string of the molecule is CC(C)Cn1cncc1CNC(=O)c1onc2c1CCCC2. The Morgan fingerprint density at radius 1 is 1.41 bits per heavy atom. The lowest BCUT2D eigenvalue weighted by atomic mass is 9.96. The molecule has 2 aromatic rings. The molecule has 1 amide bonds. The molecule has 0 atom stereocenters. The molecule has 6 heteroatoms. The van der Waals surface area contributed by atoms with Crippen LogP contribution in [0.3, 0.4) is 0 Å². The van der Waals surface area contributed by atoms with Gasteiger partial charge in [0.25, 0.3) is 5.91 Å². The van der Waals surface area contributed by atoms with Crippen LogP contribution in [0.25, 0.3) is 0 Å². The number of carbonyl (C=O) groups excluding carboxylic acids is 1. The summed E-state index contributed by atoms with van der Waals surface area (Å²) in [5.74, 6) is 0.725. The van der Waals surface area contributed by atoms with Gasteiger partial charge in [-0.2, -0.15) is 0 Å². The summed E-state index contributed by atoms with van der Waals surface area (Å²) in [6.45, 7) is 5.65. The first-order chi connectivity index (χ1) is 10.6. The molecule has 118 valence electrons. The molecule has 6 nitrogen and oxygen atoms in total. The van der Waals surface area contributed by atoms with E-state index in [0.717, 1.165) is 49.2 Å². The van der Waals surface area contributed by atoms with Gasteiger partial charge in [-0.25, -0.2) is 4.98 Å². The van der Waals surface area contributed by atoms with E-state index < -0.39 is 0 Å². The van der Waals surface area contributed by atoms with E-state index in [-0.39, 0.29) is 5.91 Å². The summed E-state index contributed by atoms with van der Waals surface area (Å²) in [7, 11) is 0. The van der Waals surface area contributed by atoms with Gasteiger partial charge < -0.3 is 14.4 Å². The normalized spacial score (nSPS) is 14.1. The third-order valence-corrected chi connectivity index (χ3v) is 3.96.